The van der Waals surface area contributed by atoms with E-state index in [1.807, 2.05) is 0 Å². The highest BCUT2D eigenvalue weighted by Gasteiger charge is 2.36. The van der Waals surface area contributed by atoms with Crippen molar-refractivity contribution in [2.24, 2.45) is 5.92 Å². The van der Waals surface area contributed by atoms with Gasteiger partial charge in [-0.3, -0.25) is 4.79 Å². The SMILES string of the molecule is O=C(O)C1CCC1NCC(F)F. The predicted molar refractivity (Wildman–Crippen MR) is 38.2 cm³/mol. The third-order valence-electron chi connectivity index (χ3n) is 2.13. The van der Waals surface area contributed by atoms with Crippen LogP contribution in [0.4, 0.5) is 8.78 Å². The van der Waals surface area contributed by atoms with Gasteiger partial charge in [0.25, 0.3) is 6.43 Å². The summed E-state index contributed by atoms with van der Waals surface area (Å²) in [4.78, 5) is 10.4. The van der Waals surface area contributed by atoms with Crippen molar-refractivity contribution in [2.75, 3.05) is 6.54 Å². The van der Waals surface area contributed by atoms with Crippen molar-refractivity contribution in [3.05, 3.63) is 0 Å². The first-order valence-electron chi connectivity index (χ1n) is 3.85. The summed E-state index contributed by atoms with van der Waals surface area (Å²) < 4.78 is 23.3. The number of hydrogen-bond donors (Lipinski definition) is 2. The number of carboxylic acids is 1. The fourth-order valence-corrected chi connectivity index (χ4v) is 1.28. The smallest absolute Gasteiger partial charge is 0.308 e. The summed E-state index contributed by atoms with van der Waals surface area (Å²) in [6, 6.07) is -0.253. The molecule has 2 N–H and O–H groups in total. The predicted octanol–water partition coefficient (Wildman–Crippen LogP) is 0.704. The average Bonchev–Trinajstić information content (AvgIpc) is 1.82. The van der Waals surface area contributed by atoms with Crippen LogP contribution in [-0.2, 0) is 4.79 Å². The highest BCUT2D eigenvalue weighted by molar-refractivity contribution is 5.72. The molecule has 0 aromatic heterocycles. The molecule has 0 aromatic carbocycles. The van der Waals surface area contributed by atoms with Crippen LogP contribution in [0.1, 0.15) is 12.8 Å². The van der Waals surface area contributed by atoms with Gasteiger partial charge in [-0.2, -0.15) is 0 Å². The van der Waals surface area contributed by atoms with Crippen molar-refractivity contribution < 1.29 is 18.7 Å². The number of alkyl halides is 2. The second kappa shape index (κ2) is 3.80. The molecule has 2 atom stereocenters. The summed E-state index contributed by atoms with van der Waals surface area (Å²) in [6.45, 7) is -0.408. The summed E-state index contributed by atoms with van der Waals surface area (Å²) in [5.41, 5.74) is 0. The number of hydrogen-bond acceptors (Lipinski definition) is 2. The van der Waals surface area contributed by atoms with E-state index in [0.29, 0.717) is 12.8 Å². The van der Waals surface area contributed by atoms with E-state index in [1.54, 1.807) is 0 Å². The molecule has 0 spiro atoms. The highest BCUT2D eigenvalue weighted by Crippen LogP contribution is 2.27. The highest BCUT2D eigenvalue weighted by atomic mass is 19.3. The maximum absolute atomic E-state index is 11.7. The summed E-state index contributed by atoms with van der Waals surface area (Å²) in [5.74, 6) is -1.36. The lowest BCUT2D eigenvalue weighted by Crippen LogP contribution is -2.48. The van der Waals surface area contributed by atoms with E-state index in [4.69, 9.17) is 5.11 Å². The topological polar surface area (TPSA) is 49.3 Å². The zero-order valence-electron chi connectivity index (χ0n) is 6.46. The Bertz CT molecular complexity index is 175. The number of nitrogens with one attached hydrogen (secondary N) is 1. The lowest BCUT2D eigenvalue weighted by atomic mass is 9.79. The summed E-state index contributed by atoms with van der Waals surface area (Å²) in [5, 5.41) is 11.1. The standard InChI is InChI=1S/C7H11F2NO2/c8-6(9)3-10-5-2-1-4(5)7(11)12/h4-6,10H,1-3H2,(H,11,12). The molecule has 1 aliphatic carbocycles. The van der Waals surface area contributed by atoms with Crippen molar-refractivity contribution in [2.45, 2.75) is 25.3 Å². The number of aliphatic carboxylic acids is 1. The monoisotopic (exact) mass is 179 g/mol. The zero-order valence-corrected chi connectivity index (χ0v) is 6.46. The molecular formula is C7H11F2NO2. The van der Waals surface area contributed by atoms with Crippen molar-refractivity contribution in [3.63, 3.8) is 0 Å². The Labute approximate surface area is 68.8 Å². The molecule has 0 aromatic rings. The summed E-state index contributed by atoms with van der Waals surface area (Å²) in [7, 11) is 0. The molecule has 2 unspecified atom stereocenters. The third-order valence-corrected chi connectivity index (χ3v) is 2.13. The van der Waals surface area contributed by atoms with Crippen molar-refractivity contribution in [3.8, 4) is 0 Å². The third kappa shape index (κ3) is 2.14. The molecule has 5 heteroatoms. The van der Waals surface area contributed by atoms with Crippen LogP contribution in [0.15, 0.2) is 0 Å². The fourth-order valence-electron chi connectivity index (χ4n) is 1.28. The average molecular weight is 179 g/mol. The molecule has 0 radical (unpaired) electrons. The fraction of sp³-hybridized carbons (Fsp3) is 0.857. The van der Waals surface area contributed by atoms with Gasteiger partial charge in [0, 0.05) is 6.04 Å². The minimum absolute atomic E-state index is 0.253. The van der Waals surface area contributed by atoms with Gasteiger partial charge in [-0.1, -0.05) is 0 Å². The minimum Gasteiger partial charge on any atom is -0.481 e. The normalized spacial score (nSPS) is 28.6. The molecule has 3 nitrogen and oxygen atoms in total. The van der Waals surface area contributed by atoms with Crippen molar-refractivity contribution in [1.29, 1.82) is 0 Å². The van der Waals surface area contributed by atoms with Crippen LogP contribution in [0.5, 0.6) is 0 Å². The quantitative estimate of drug-likeness (QED) is 0.668. The Kier molecular flexibility index (Phi) is 2.97. The molecule has 0 saturated heterocycles. The molecule has 0 bridgehead atoms. The van der Waals surface area contributed by atoms with E-state index >= 15 is 0 Å². The number of carboxylic acid groups (broad SMARTS) is 1. The number of carbonyl (C=O) groups is 1. The maximum atomic E-state index is 11.7. The molecule has 1 saturated carbocycles. The van der Waals surface area contributed by atoms with Crippen LogP contribution in [0.3, 0.4) is 0 Å². The number of halogens is 2. The van der Waals surface area contributed by atoms with Gasteiger partial charge in [0.1, 0.15) is 0 Å². The van der Waals surface area contributed by atoms with E-state index in [9.17, 15) is 13.6 Å². The van der Waals surface area contributed by atoms with Crippen LogP contribution in [-0.4, -0.2) is 30.1 Å². The van der Waals surface area contributed by atoms with Gasteiger partial charge < -0.3 is 10.4 Å². The molecule has 0 aliphatic heterocycles. The van der Waals surface area contributed by atoms with Gasteiger partial charge in [-0.25, -0.2) is 8.78 Å². The molecule has 12 heavy (non-hydrogen) atoms. The Hall–Kier alpha value is -0.710. The summed E-state index contributed by atoms with van der Waals surface area (Å²) >= 11 is 0. The summed E-state index contributed by atoms with van der Waals surface area (Å²) in [6.07, 6.45) is -1.13. The van der Waals surface area contributed by atoms with Gasteiger partial charge in [-0.15, -0.1) is 0 Å². The van der Waals surface area contributed by atoms with Crippen LogP contribution in [0, 0.1) is 5.92 Å². The van der Waals surface area contributed by atoms with Gasteiger partial charge in [-0.05, 0) is 12.8 Å². The molecule has 1 rings (SSSR count). The van der Waals surface area contributed by atoms with E-state index < -0.39 is 24.9 Å². The van der Waals surface area contributed by atoms with Crippen LogP contribution in [0.2, 0.25) is 0 Å². The molecular weight excluding hydrogens is 168 g/mol. The Balaban J connectivity index is 2.21. The second-order valence-corrected chi connectivity index (χ2v) is 2.93. The van der Waals surface area contributed by atoms with Crippen LogP contribution >= 0.6 is 0 Å². The van der Waals surface area contributed by atoms with Crippen LogP contribution in [0.25, 0.3) is 0 Å². The van der Waals surface area contributed by atoms with E-state index in [2.05, 4.69) is 5.32 Å². The largest absolute Gasteiger partial charge is 0.481 e. The lowest BCUT2D eigenvalue weighted by Gasteiger charge is -2.33. The van der Waals surface area contributed by atoms with Crippen molar-refractivity contribution >= 4 is 5.97 Å². The zero-order chi connectivity index (χ0) is 9.14. The molecule has 1 fully saturated rings. The number of rotatable bonds is 4. The maximum Gasteiger partial charge on any atom is 0.308 e. The lowest BCUT2D eigenvalue weighted by molar-refractivity contribution is -0.146. The van der Waals surface area contributed by atoms with Gasteiger partial charge >= 0.3 is 5.97 Å². The first-order chi connectivity index (χ1) is 5.61. The second-order valence-electron chi connectivity index (χ2n) is 2.93. The first kappa shape index (κ1) is 9.38. The van der Waals surface area contributed by atoms with E-state index in [-0.39, 0.29) is 6.04 Å². The van der Waals surface area contributed by atoms with E-state index in [0.717, 1.165) is 0 Å². The van der Waals surface area contributed by atoms with E-state index in [1.165, 1.54) is 0 Å². The molecule has 0 amide bonds. The van der Waals surface area contributed by atoms with Crippen molar-refractivity contribution in [1.82, 2.24) is 5.32 Å². The van der Waals surface area contributed by atoms with Gasteiger partial charge in [0.05, 0.1) is 12.5 Å². The first-order valence-corrected chi connectivity index (χ1v) is 3.85. The Morgan fingerprint density at radius 2 is 2.25 bits per heavy atom. The van der Waals surface area contributed by atoms with Gasteiger partial charge in [0.2, 0.25) is 0 Å². The molecule has 0 heterocycles. The van der Waals surface area contributed by atoms with Crippen LogP contribution < -0.4 is 5.32 Å². The van der Waals surface area contributed by atoms with Gasteiger partial charge in [0.15, 0.2) is 0 Å². The molecule has 70 valence electrons. The minimum atomic E-state index is -2.40. The Morgan fingerprint density at radius 3 is 2.58 bits per heavy atom. The molecule has 1 aliphatic rings. The Morgan fingerprint density at radius 1 is 1.58 bits per heavy atom.